The first-order valence-corrected chi connectivity index (χ1v) is 8.39. The second kappa shape index (κ2) is 8.05. The molecule has 108 valence electrons. The number of hydrogen-bond donors (Lipinski definition) is 1. The van der Waals surface area contributed by atoms with Gasteiger partial charge >= 0.3 is 0 Å². The average Bonchev–Trinajstić information content (AvgIpc) is 2.87. The number of rotatable bonds is 8. The Hall–Kier alpha value is -1.35. The molecule has 3 heteroatoms. The Labute approximate surface area is 126 Å². The number of nitrogens with zero attached hydrogens (tertiary/aromatic N) is 1. The molecular formula is C17H24N2S. The number of nitrogens with one attached hydrogen (secondary N) is 1. The van der Waals surface area contributed by atoms with Gasteiger partial charge in [-0.15, -0.1) is 11.3 Å². The van der Waals surface area contributed by atoms with Crippen LogP contribution in [0.4, 0.5) is 5.13 Å². The molecular weight excluding hydrogens is 264 g/mol. The summed E-state index contributed by atoms with van der Waals surface area (Å²) in [7, 11) is 0. The number of aromatic nitrogens is 1. The van der Waals surface area contributed by atoms with Crippen molar-refractivity contribution in [3.63, 3.8) is 0 Å². The third-order valence-electron chi connectivity index (χ3n) is 3.40. The SMILES string of the molecule is CCCCCc1ccc(CCNc2nc(C)cs2)cc1. The van der Waals surface area contributed by atoms with Crippen molar-refractivity contribution < 1.29 is 0 Å². The second-order valence-electron chi connectivity index (χ2n) is 5.24. The van der Waals surface area contributed by atoms with Gasteiger partial charge in [-0.3, -0.25) is 0 Å². The molecule has 0 amide bonds. The highest BCUT2D eigenvalue weighted by Crippen LogP contribution is 2.14. The van der Waals surface area contributed by atoms with Crippen molar-refractivity contribution in [2.45, 2.75) is 46.0 Å². The number of thiazole rings is 1. The molecule has 0 spiro atoms. The van der Waals surface area contributed by atoms with E-state index >= 15 is 0 Å². The molecule has 2 aromatic rings. The summed E-state index contributed by atoms with van der Waals surface area (Å²) in [5.74, 6) is 0. The minimum atomic E-state index is 0.947. The lowest BCUT2D eigenvalue weighted by Gasteiger charge is -2.05. The van der Waals surface area contributed by atoms with Crippen LogP contribution in [0.3, 0.4) is 0 Å². The van der Waals surface area contributed by atoms with E-state index in [-0.39, 0.29) is 0 Å². The monoisotopic (exact) mass is 288 g/mol. The smallest absolute Gasteiger partial charge is 0.182 e. The lowest BCUT2D eigenvalue weighted by Crippen LogP contribution is -2.04. The molecule has 1 heterocycles. The van der Waals surface area contributed by atoms with Crippen molar-refractivity contribution in [3.05, 3.63) is 46.5 Å². The quantitative estimate of drug-likeness (QED) is 0.703. The lowest BCUT2D eigenvalue weighted by molar-refractivity contribution is 0.717. The first kappa shape index (κ1) is 15.0. The number of anilines is 1. The number of unbranched alkanes of at least 4 members (excludes halogenated alkanes) is 2. The number of aryl methyl sites for hydroxylation is 2. The van der Waals surface area contributed by atoms with E-state index in [2.05, 4.69) is 46.9 Å². The summed E-state index contributed by atoms with van der Waals surface area (Å²) in [6.45, 7) is 5.22. The van der Waals surface area contributed by atoms with E-state index in [0.717, 1.165) is 23.8 Å². The van der Waals surface area contributed by atoms with E-state index < -0.39 is 0 Å². The van der Waals surface area contributed by atoms with Gasteiger partial charge in [0.1, 0.15) is 0 Å². The van der Waals surface area contributed by atoms with Crippen LogP contribution in [0.5, 0.6) is 0 Å². The molecule has 1 N–H and O–H groups in total. The van der Waals surface area contributed by atoms with Crippen molar-refractivity contribution in [1.82, 2.24) is 4.98 Å². The van der Waals surface area contributed by atoms with Gasteiger partial charge in [0.25, 0.3) is 0 Å². The van der Waals surface area contributed by atoms with Crippen molar-refractivity contribution in [1.29, 1.82) is 0 Å². The van der Waals surface area contributed by atoms with Crippen LogP contribution in [0.25, 0.3) is 0 Å². The van der Waals surface area contributed by atoms with Crippen LogP contribution < -0.4 is 5.32 Å². The summed E-state index contributed by atoms with van der Waals surface area (Å²) in [6, 6.07) is 9.07. The molecule has 2 nitrogen and oxygen atoms in total. The van der Waals surface area contributed by atoms with Crippen molar-refractivity contribution in [3.8, 4) is 0 Å². The molecule has 0 aliphatic heterocycles. The zero-order chi connectivity index (χ0) is 14.2. The summed E-state index contributed by atoms with van der Waals surface area (Å²) in [4.78, 5) is 4.41. The molecule has 1 aromatic carbocycles. The Kier molecular flexibility index (Phi) is 6.06. The maximum Gasteiger partial charge on any atom is 0.182 e. The molecule has 20 heavy (non-hydrogen) atoms. The fourth-order valence-corrected chi connectivity index (χ4v) is 2.92. The van der Waals surface area contributed by atoms with Gasteiger partial charge in [0.15, 0.2) is 5.13 Å². The van der Waals surface area contributed by atoms with Gasteiger partial charge < -0.3 is 5.32 Å². The summed E-state index contributed by atoms with van der Waals surface area (Å²) >= 11 is 1.68. The van der Waals surface area contributed by atoms with Crippen LogP contribution in [0.1, 0.15) is 43.0 Å². The van der Waals surface area contributed by atoms with Gasteiger partial charge in [-0.25, -0.2) is 4.98 Å². The molecule has 0 bridgehead atoms. The Morgan fingerprint density at radius 3 is 2.35 bits per heavy atom. The van der Waals surface area contributed by atoms with Crippen LogP contribution in [-0.4, -0.2) is 11.5 Å². The van der Waals surface area contributed by atoms with Crippen molar-refractivity contribution in [2.75, 3.05) is 11.9 Å². The maximum absolute atomic E-state index is 4.41. The Morgan fingerprint density at radius 1 is 1.05 bits per heavy atom. The van der Waals surface area contributed by atoms with Gasteiger partial charge in [-0.05, 0) is 37.3 Å². The zero-order valence-electron chi connectivity index (χ0n) is 12.5. The molecule has 0 saturated carbocycles. The van der Waals surface area contributed by atoms with Crippen LogP contribution in [0.15, 0.2) is 29.6 Å². The van der Waals surface area contributed by atoms with Gasteiger partial charge in [0.05, 0.1) is 5.69 Å². The predicted octanol–water partition coefficient (Wildman–Crippen LogP) is 4.84. The van der Waals surface area contributed by atoms with Crippen molar-refractivity contribution >= 4 is 16.5 Å². The van der Waals surface area contributed by atoms with E-state index in [4.69, 9.17) is 0 Å². The number of hydrogen-bond acceptors (Lipinski definition) is 3. The first-order valence-electron chi connectivity index (χ1n) is 7.51. The first-order chi connectivity index (χ1) is 9.78. The fraction of sp³-hybridized carbons (Fsp3) is 0.471. The maximum atomic E-state index is 4.41. The summed E-state index contributed by atoms with van der Waals surface area (Å²) in [6.07, 6.45) is 6.19. The summed E-state index contributed by atoms with van der Waals surface area (Å²) < 4.78 is 0. The lowest BCUT2D eigenvalue weighted by atomic mass is 10.0. The average molecular weight is 288 g/mol. The molecule has 0 radical (unpaired) electrons. The third-order valence-corrected chi connectivity index (χ3v) is 4.32. The molecule has 0 aliphatic rings. The highest BCUT2D eigenvalue weighted by atomic mass is 32.1. The largest absolute Gasteiger partial charge is 0.361 e. The van der Waals surface area contributed by atoms with Gasteiger partial charge in [0.2, 0.25) is 0 Å². The van der Waals surface area contributed by atoms with Crippen LogP contribution >= 0.6 is 11.3 Å². The minimum absolute atomic E-state index is 0.947. The Bertz CT molecular complexity index is 502. The normalized spacial score (nSPS) is 10.7. The highest BCUT2D eigenvalue weighted by Gasteiger charge is 1.99. The van der Waals surface area contributed by atoms with Crippen LogP contribution in [-0.2, 0) is 12.8 Å². The Balaban J connectivity index is 1.73. The van der Waals surface area contributed by atoms with E-state index in [1.807, 2.05) is 6.92 Å². The van der Waals surface area contributed by atoms with E-state index in [1.54, 1.807) is 11.3 Å². The van der Waals surface area contributed by atoms with Gasteiger partial charge in [-0.2, -0.15) is 0 Å². The standard InChI is InChI=1S/C17H24N2S/c1-3-4-5-6-15-7-9-16(10-8-15)11-12-18-17-19-14(2)13-20-17/h7-10,13H,3-6,11-12H2,1-2H3,(H,18,19). The minimum Gasteiger partial charge on any atom is -0.361 e. The Morgan fingerprint density at radius 2 is 1.75 bits per heavy atom. The zero-order valence-corrected chi connectivity index (χ0v) is 13.3. The molecule has 0 atom stereocenters. The van der Waals surface area contributed by atoms with Gasteiger partial charge in [-0.1, -0.05) is 44.0 Å². The second-order valence-corrected chi connectivity index (χ2v) is 6.10. The molecule has 0 aliphatic carbocycles. The molecule has 0 fully saturated rings. The summed E-state index contributed by atoms with van der Waals surface area (Å²) in [5.41, 5.74) is 3.95. The van der Waals surface area contributed by atoms with Crippen LogP contribution in [0, 0.1) is 6.92 Å². The number of benzene rings is 1. The molecule has 2 rings (SSSR count). The summed E-state index contributed by atoms with van der Waals surface area (Å²) in [5, 5.41) is 6.48. The van der Waals surface area contributed by atoms with E-state index in [1.165, 1.54) is 36.8 Å². The molecule has 1 aromatic heterocycles. The predicted molar refractivity (Wildman–Crippen MR) is 88.7 cm³/mol. The van der Waals surface area contributed by atoms with E-state index in [9.17, 15) is 0 Å². The highest BCUT2D eigenvalue weighted by molar-refractivity contribution is 7.13. The van der Waals surface area contributed by atoms with Crippen LogP contribution in [0.2, 0.25) is 0 Å². The molecule has 0 saturated heterocycles. The van der Waals surface area contributed by atoms with E-state index in [0.29, 0.717) is 0 Å². The van der Waals surface area contributed by atoms with Gasteiger partial charge in [0, 0.05) is 11.9 Å². The fourth-order valence-electron chi connectivity index (χ4n) is 2.20. The topological polar surface area (TPSA) is 24.9 Å². The van der Waals surface area contributed by atoms with Crippen molar-refractivity contribution in [2.24, 2.45) is 0 Å². The third kappa shape index (κ3) is 4.97. The molecule has 0 unspecified atom stereocenters.